The summed E-state index contributed by atoms with van der Waals surface area (Å²) in [5.41, 5.74) is 2.44. The molecular weight excluding hydrogens is 370 g/mol. The molecule has 0 unspecified atom stereocenters. The highest BCUT2D eigenvalue weighted by atomic mass is 16.4. The summed E-state index contributed by atoms with van der Waals surface area (Å²) in [6.07, 6.45) is 13.9. The normalized spacial score (nSPS) is 10.3. The minimum absolute atomic E-state index is 0.331. The maximum absolute atomic E-state index is 10.8. The van der Waals surface area contributed by atoms with Crippen molar-refractivity contribution >= 4 is 11.7 Å². The number of unbranched alkanes of at least 4 members (excludes halogenated alkanes) is 10. The third-order valence-corrected chi connectivity index (χ3v) is 5.20. The molecule has 0 fully saturated rings. The largest absolute Gasteiger partial charge is 0.478 e. The SMILES string of the molecule is O=C(O)c1ccc(NCCCCCCCCCCCCC#Cc2ccccc2)cc1. The highest BCUT2D eigenvalue weighted by Crippen LogP contribution is 2.13. The Morgan fingerprint density at radius 2 is 1.30 bits per heavy atom. The van der Waals surface area contributed by atoms with Gasteiger partial charge in [-0.05, 0) is 49.2 Å². The molecule has 0 spiro atoms. The van der Waals surface area contributed by atoms with E-state index >= 15 is 0 Å². The number of carboxylic acids is 1. The number of benzene rings is 2. The van der Waals surface area contributed by atoms with E-state index in [1.165, 1.54) is 57.8 Å². The zero-order valence-corrected chi connectivity index (χ0v) is 18.0. The lowest BCUT2D eigenvalue weighted by Crippen LogP contribution is -2.02. The van der Waals surface area contributed by atoms with Crippen molar-refractivity contribution in [2.75, 3.05) is 11.9 Å². The van der Waals surface area contributed by atoms with Crippen molar-refractivity contribution in [3.8, 4) is 11.8 Å². The Bertz CT molecular complexity index is 772. The monoisotopic (exact) mass is 405 g/mol. The van der Waals surface area contributed by atoms with Gasteiger partial charge in [0.05, 0.1) is 5.56 Å². The Hall–Kier alpha value is -2.73. The third-order valence-electron chi connectivity index (χ3n) is 5.20. The van der Waals surface area contributed by atoms with Gasteiger partial charge in [0.15, 0.2) is 0 Å². The first-order valence-corrected chi connectivity index (χ1v) is 11.4. The van der Waals surface area contributed by atoms with Crippen LogP contribution in [-0.2, 0) is 0 Å². The van der Waals surface area contributed by atoms with Crippen LogP contribution in [0.15, 0.2) is 54.6 Å². The molecule has 0 saturated heterocycles. The van der Waals surface area contributed by atoms with E-state index in [0.29, 0.717) is 5.56 Å². The molecule has 2 aromatic carbocycles. The van der Waals surface area contributed by atoms with Gasteiger partial charge >= 0.3 is 5.97 Å². The molecule has 3 heteroatoms. The molecule has 0 atom stereocenters. The molecule has 0 aliphatic heterocycles. The highest BCUT2D eigenvalue weighted by Gasteiger charge is 2.01. The molecule has 0 aromatic heterocycles. The van der Waals surface area contributed by atoms with Gasteiger partial charge in [0.1, 0.15) is 0 Å². The van der Waals surface area contributed by atoms with Gasteiger partial charge in [-0.3, -0.25) is 0 Å². The Morgan fingerprint density at radius 1 is 0.733 bits per heavy atom. The lowest BCUT2D eigenvalue weighted by Gasteiger charge is -2.07. The summed E-state index contributed by atoms with van der Waals surface area (Å²) in [7, 11) is 0. The number of carboxylic acid groups (broad SMARTS) is 1. The van der Waals surface area contributed by atoms with E-state index < -0.39 is 5.97 Å². The van der Waals surface area contributed by atoms with Crippen LogP contribution in [0.25, 0.3) is 0 Å². The lowest BCUT2D eigenvalue weighted by atomic mass is 10.1. The summed E-state index contributed by atoms with van der Waals surface area (Å²) in [4.78, 5) is 10.8. The zero-order chi connectivity index (χ0) is 21.3. The molecule has 2 N–H and O–H groups in total. The molecule has 160 valence electrons. The van der Waals surface area contributed by atoms with Crippen LogP contribution in [0.3, 0.4) is 0 Å². The second-order valence-corrected chi connectivity index (χ2v) is 7.76. The molecule has 0 heterocycles. The number of hydrogen-bond acceptors (Lipinski definition) is 2. The molecule has 3 nitrogen and oxygen atoms in total. The molecule has 0 aliphatic rings. The maximum atomic E-state index is 10.8. The number of carbonyl (C=O) groups is 1. The Balaban J connectivity index is 1.34. The smallest absolute Gasteiger partial charge is 0.335 e. The van der Waals surface area contributed by atoms with Gasteiger partial charge in [0, 0.05) is 24.2 Å². The fourth-order valence-electron chi connectivity index (χ4n) is 3.40. The molecule has 2 aromatic rings. The van der Waals surface area contributed by atoms with Gasteiger partial charge in [-0.25, -0.2) is 4.79 Å². The Labute approximate surface area is 181 Å². The Kier molecular flexibility index (Phi) is 11.9. The van der Waals surface area contributed by atoms with E-state index in [-0.39, 0.29) is 0 Å². The van der Waals surface area contributed by atoms with Crippen LogP contribution in [0, 0.1) is 11.8 Å². The molecule has 30 heavy (non-hydrogen) atoms. The van der Waals surface area contributed by atoms with Crippen LogP contribution in [0.2, 0.25) is 0 Å². The molecule has 0 aliphatic carbocycles. The fraction of sp³-hybridized carbons (Fsp3) is 0.444. The van der Waals surface area contributed by atoms with E-state index in [1.807, 2.05) is 30.3 Å². The average Bonchev–Trinajstić information content (AvgIpc) is 2.77. The summed E-state index contributed by atoms with van der Waals surface area (Å²) in [6.45, 7) is 0.944. The van der Waals surface area contributed by atoms with Gasteiger partial charge in [-0.15, -0.1) is 0 Å². The number of anilines is 1. The zero-order valence-electron chi connectivity index (χ0n) is 18.0. The minimum Gasteiger partial charge on any atom is -0.478 e. The molecule has 0 saturated carbocycles. The summed E-state index contributed by atoms with van der Waals surface area (Å²) in [5, 5.41) is 12.3. The van der Waals surface area contributed by atoms with Crippen LogP contribution in [0.4, 0.5) is 5.69 Å². The predicted molar refractivity (Wildman–Crippen MR) is 126 cm³/mol. The van der Waals surface area contributed by atoms with Gasteiger partial charge in [-0.2, -0.15) is 0 Å². The van der Waals surface area contributed by atoms with Crippen LogP contribution >= 0.6 is 0 Å². The van der Waals surface area contributed by atoms with Crippen molar-refractivity contribution < 1.29 is 9.90 Å². The standard InChI is InChI=1S/C27H35NO2/c29-27(30)25-19-21-26(22-20-25)28-23-15-10-8-6-4-2-1-3-5-7-9-12-16-24-17-13-11-14-18-24/h11,13-14,17-22,28H,1-10,15,23H2,(H,29,30). The summed E-state index contributed by atoms with van der Waals surface area (Å²) in [6, 6.07) is 17.2. The third kappa shape index (κ3) is 10.7. The first-order chi connectivity index (χ1) is 14.8. The van der Waals surface area contributed by atoms with E-state index in [4.69, 9.17) is 5.11 Å². The topological polar surface area (TPSA) is 49.3 Å². The van der Waals surface area contributed by atoms with Crippen LogP contribution < -0.4 is 5.32 Å². The lowest BCUT2D eigenvalue weighted by molar-refractivity contribution is 0.0697. The molecule has 0 bridgehead atoms. The van der Waals surface area contributed by atoms with Crippen LogP contribution in [0.5, 0.6) is 0 Å². The van der Waals surface area contributed by atoms with Crippen LogP contribution in [0.1, 0.15) is 86.6 Å². The fourth-order valence-corrected chi connectivity index (χ4v) is 3.40. The van der Waals surface area contributed by atoms with Gasteiger partial charge in [0.25, 0.3) is 0 Å². The van der Waals surface area contributed by atoms with Crippen molar-refractivity contribution in [2.24, 2.45) is 0 Å². The number of aromatic carboxylic acids is 1. The first kappa shape index (κ1) is 23.5. The van der Waals surface area contributed by atoms with Crippen molar-refractivity contribution in [3.05, 3.63) is 65.7 Å². The second kappa shape index (κ2) is 15.2. The number of hydrogen-bond donors (Lipinski definition) is 2. The van der Waals surface area contributed by atoms with Gasteiger partial charge < -0.3 is 10.4 Å². The van der Waals surface area contributed by atoms with Crippen molar-refractivity contribution in [3.63, 3.8) is 0 Å². The minimum atomic E-state index is -0.880. The van der Waals surface area contributed by atoms with Crippen molar-refractivity contribution in [2.45, 2.75) is 70.6 Å². The Morgan fingerprint density at radius 3 is 1.90 bits per heavy atom. The molecule has 0 radical (unpaired) electrons. The summed E-state index contributed by atoms with van der Waals surface area (Å²) < 4.78 is 0. The van der Waals surface area contributed by atoms with Crippen molar-refractivity contribution in [1.82, 2.24) is 0 Å². The van der Waals surface area contributed by atoms with E-state index in [1.54, 1.807) is 12.1 Å². The predicted octanol–water partition coefficient (Wildman–Crippen LogP) is 7.14. The van der Waals surface area contributed by atoms with Gasteiger partial charge in [-0.1, -0.05) is 81.4 Å². The molecule has 2 rings (SSSR count). The van der Waals surface area contributed by atoms with E-state index in [2.05, 4.69) is 29.3 Å². The summed E-state index contributed by atoms with van der Waals surface area (Å²) in [5.74, 6) is 5.62. The molecular formula is C27H35NO2. The number of rotatable bonds is 14. The molecule has 0 amide bonds. The number of nitrogens with one attached hydrogen (secondary N) is 1. The average molecular weight is 406 g/mol. The maximum Gasteiger partial charge on any atom is 0.335 e. The van der Waals surface area contributed by atoms with E-state index in [9.17, 15) is 4.79 Å². The summed E-state index contributed by atoms with van der Waals surface area (Å²) >= 11 is 0. The quantitative estimate of drug-likeness (QED) is 0.259. The first-order valence-electron chi connectivity index (χ1n) is 11.4. The van der Waals surface area contributed by atoms with Crippen molar-refractivity contribution in [1.29, 1.82) is 0 Å². The van der Waals surface area contributed by atoms with Gasteiger partial charge in [0.2, 0.25) is 0 Å². The second-order valence-electron chi connectivity index (χ2n) is 7.76. The van der Waals surface area contributed by atoms with E-state index in [0.717, 1.165) is 30.6 Å². The van der Waals surface area contributed by atoms with Crippen LogP contribution in [-0.4, -0.2) is 17.6 Å². The highest BCUT2D eigenvalue weighted by molar-refractivity contribution is 5.87.